The van der Waals surface area contributed by atoms with Crippen LogP contribution in [-0.2, 0) is 10.2 Å². The highest BCUT2D eigenvalue weighted by Gasteiger charge is 2.31. The van der Waals surface area contributed by atoms with Gasteiger partial charge in [0.05, 0.1) is 13.2 Å². The van der Waals surface area contributed by atoms with Gasteiger partial charge in [0.2, 0.25) is 0 Å². The lowest BCUT2D eigenvalue weighted by atomic mass is 9.82. The number of morpholine rings is 1. The Morgan fingerprint density at radius 2 is 1.96 bits per heavy atom. The molecule has 2 aliphatic heterocycles. The summed E-state index contributed by atoms with van der Waals surface area (Å²) in [5, 5.41) is 3.63. The molecule has 1 atom stereocenters. The number of guanidine groups is 1. The number of aryl methyl sites for hydroxylation is 1. The molecular weight excluding hydrogens is 324 g/mol. The summed E-state index contributed by atoms with van der Waals surface area (Å²) in [5.74, 6) is 1.03. The van der Waals surface area contributed by atoms with Gasteiger partial charge < -0.3 is 15.0 Å². The molecule has 2 heterocycles. The van der Waals surface area contributed by atoms with E-state index in [4.69, 9.17) is 4.74 Å². The Morgan fingerprint density at radius 1 is 1.23 bits per heavy atom. The van der Waals surface area contributed by atoms with E-state index in [0.717, 1.165) is 51.9 Å². The van der Waals surface area contributed by atoms with E-state index in [0.29, 0.717) is 6.04 Å². The van der Waals surface area contributed by atoms with Crippen LogP contribution in [0.15, 0.2) is 29.3 Å². The Kier molecular flexibility index (Phi) is 6.20. The maximum absolute atomic E-state index is 5.49. The average molecular weight is 359 g/mol. The van der Waals surface area contributed by atoms with E-state index in [1.54, 1.807) is 0 Å². The molecule has 5 heteroatoms. The minimum atomic E-state index is 0.0601. The molecular formula is C21H34N4O. The molecule has 26 heavy (non-hydrogen) atoms. The van der Waals surface area contributed by atoms with Crippen molar-refractivity contribution in [1.82, 2.24) is 15.1 Å². The monoisotopic (exact) mass is 358 g/mol. The van der Waals surface area contributed by atoms with Gasteiger partial charge in [0.1, 0.15) is 0 Å². The van der Waals surface area contributed by atoms with Gasteiger partial charge in [0.25, 0.3) is 0 Å². The molecule has 1 aromatic rings. The Hall–Kier alpha value is -1.59. The highest BCUT2D eigenvalue weighted by molar-refractivity contribution is 5.80. The minimum Gasteiger partial charge on any atom is -0.379 e. The summed E-state index contributed by atoms with van der Waals surface area (Å²) < 4.78 is 5.49. The van der Waals surface area contributed by atoms with Crippen LogP contribution in [-0.4, -0.2) is 74.8 Å². The topological polar surface area (TPSA) is 40.1 Å². The van der Waals surface area contributed by atoms with Gasteiger partial charge in [-0.15, -0.1) is 0 Å². The Bertz CT molecular complexity index is 622. The molecule has 3 rings (SSSR count). The third-order valence-corrected chi connectivity index (χ3v) is 5.80. The molecule has 0 radical (unpaired) electrons. The molecule has 2 saturated heterocycles. The van der Waals surface area contributed by atoms with Crippen LogP contribution >= 0.6 is 0 Å². The SMILES string of the molecule is CN=C(NCC(C)(C)c1ccccc1C)N1CCC(N2CCOCC2)C1. The smallest absolute Gasteiger partial charge is 0.193 e. The quantitative estimate of drug-likeness (QED) is 0.662. The van der Waals surface area contributed by atoms with Crippen molar-refractivity contribution in [3.05, 3.63) is 35.4 Å². The van der Waals surface area contributed by atoms with Crippen molar-refractivity contribution in [2.75, 3.05) is 53.0 Å². The summed E-state index contributed by atoms with van der Waals surface area (Å²) in [4.78, 5) is 9.55. The van der Waals surface area contributed by atoms with Crippen molar-refractivity contribution in [3.63, 3.8) is 0 Å². The fourth-order valence-corrected chi connectivity index (χ4v) is 4.23. The van der Waals surface area contributed by atoms with E-state index in [2.05, 4.69) is 65.1 Å². The van der Waals surface area contributed by atoms with Crippen LogP contribution in [0.25, 0.3) is 0 Å². The van der Waals surface area contributed by atoms with Gasteiger partial charge in [-0.25, -0.2) is 0 Å². The first-order chi connectivity index (χ1) is 12.5. The van der Waals surface area contributed by atoms with E-state index in [9.17, 15) is 0 Å². The number of hydrogen-bond acceptors (Lipinski definition) is 3. The summed E-state index contributed by atoms with van der Waals surface area (Å²) >= 11 is 0. The first-order valence-electron chi connectivity index (χ1n) is 9.85. The molecule has 2 fully saturated rings. The first kappa shape index (κ1) is 19.2. The predicted octanol–water partition coefficient (Wildman–Crippen LogP) is 2.25. The zero-order valence-corrected chi connectivity index (χ0v) is 16.8. The number of nitrogens with zero attached hydrogens (tertiary/aromatic N) is 3. The Morgan fingerprint density at radius 3 is 2.65 bits per heavy atom. The second kappa shape index (κ2) is 8.40. The van der Waals surface area contributed by atoms with Crippen molar-refractivity contribution in [2.24, 2.45) is 4.99 Å². The second-order valence-corrected chi connectivity index (χ2v) is 8.14. The third-order valence-electron chi connectivity index (χ3n) is 5.80. The predicted molar refractivity (Wildman–Crippen MR) is 108 cm³/mol. The number of ether oxygens (including phenoxy) is 1. The van der Waals surface area contributed by atoms with Crippen LogP contribution in [0.4, 0.5) is 0 Å². The van der Waals surface area contributed by atoms with Crippen molar-refractivity contribution in [1.29, 1.82) is 0 Å². The molecule has 5 nitrogen and oxygen atoms in total. The fourth-order valence-electron chi connectivity index (χ4n) is 4.23. The molecule has 0 bridgehead atoms. The van der Waals surface area contributed by atoms with E-state index >= 15 is 0 Å². The number of aliphatic imine (C=N–C) groups is 1. The summed E-state index contributed by atoms with van der Waals surface area (Å²) in [5.41, 5.74) is 2.81. The fraction of sp³-hybridized carbons (Fsp3) is 0.667. The minimum absolute atomic E-state index is 0.0601. The van der Waals surface area contributed by atoms with Gasteiger partial charge in [-0.2, -0.15) is 0 Å². The first-order valence-corrected chi connectivity index (χ1v) is 9.85. The molecule has 0 aromatic heterocycles. The van der Waals surface area contributed by atoms with E-state index < -0.39 is 0 Å². The lowest BCUT2D eigenvalue weighted by Crippen LogP contribution is -2.48. The third kappa shape index (κ3) is 4.38. The van der Waals surface area contributed by atoms with Crippen molar-refractivity contribution < 1.29 is 4.74 Å². The second-order valence-electron chi connectivity index (χ2n) is 8.14. The summed E-state index contributed by atoms with van der Waals surface area (Å²) in [6.45, 7) is 13.7. The zero-order chi connectivity index (χ0) is 18.6. The number of likely N-dealkylation sites (tertiary alicyclic amines) is 1. The highest BCUT2D eigenvalue weighted by atomic mass is 16.5. The van der Waals surface area contributed by atoms with Crippen LogP contribution in [0, 0.1) is 6.92 Å². The van der Waals surface area contributed by atoms with E-state index in [1.807, 2.05) is 7.05 Å². The molecule has 0 saturated carbocycles. The number of benzene rings is 1. The average Bonchev–Trinajstić information content (AvgIpc) is 3.13. The molecule has 144 valence electrons. The summed E-state index contributed by atoms with van der Waals surface area (Å²) in [6, 6.07) is 9.30. The summed E-state index contributed by atoms with van der Waals surface area (Å²) in [7, 11) is 1.89. The summed E-state index contributed by atoms with van der Waals surface area (Å²) in [6.07, 6.45) is 1.21. The molecule has 1 N–H and O–H groups in total. The molecule has 1 unspecified atom stereocenters. The van der Waals surface area contributed by atoms with Crippen LogP contribution in [0.5, 0.6) is 0 Å². The number of rotatable bonds is 4. The molecule has 1 aromatic carbocycles. The van der Waals surface area contributed by atoms with Crippen LogP contribution in [0.3, 0.4) is 0 Å². The van der Waals surface area contributed by atoms with E-state index in [1.165, 1.54) is 17.5 Å². The van der Waals surface area contributed by atoms with Gasteiger partial charge in [-0.3, -0.25) is 9.89 Å². The van der Waals surface area contributed by atoms with Gasteiger partial charge in [-0.05, 0) is 24.5 Å². The number of hydrogen-bond donors (Lipinski definition) is 1. The van der Waals surface area contributed by atoms with Crippen LogP contribution in [0.1, 0.15) is 31.4 Å². The highest BCUT2D eigenvalue weighted by Crippen LogP contribution is 2.25. The standard InChI is InChI=1S/C21H34N4O/c1-17-7-5-6-8-19(17)21(2,3)16-23-20(22-4)25-10-9-18(15-25)24-11-13-26-14-12-24/h5-8,18H,9-16H2,1-4H3,(H,22,23). The van der Waals surface area contributed by atoms with Crippen molar-refractivity contribution >= 4 is 5.96 Å². The Labute approximate surface area is 158 Å². The van der Waals surface area contributed by atoms with Crippen molar-refractivity contribution in [3.8, 4) is 0 Å². The van der Waals surface area contributed by atoms with Gasteiger partial charge in [0, 0.05) is 51.2 Å². The van der Waals surface area contributed by atoms with Gasteiger partial charge in [-0.1, -0.05) is 38.1 Å². The largest absolute Gasteiger partial charge is 0.379 e. The maximum atomic E-state index is 5.49. The van der Waals surface area contributed by atoms with Gasteiger partial charge in [0.15, 0.2) is 5.96 Å². The van der Waals surface area contributed by atoms with Crippen LogP contribution < -0.4 is 5.32 Å². The van der Waals surface area contributed by atoms with Crippen molar-refractivity contribution in [2.45, 2.75) is 38.6 Å². The maximum Gasteiger partial charge on any atom is 0.193 e. The molecule has 0 amide bonds. The zero-order valence-electron chi connectivity index (χ0n) is 16.8. The normalized spacial score (nSPS) is 22.7. The molecule has 0 spiro atoms. The van der Waals surface area contributed by atoms with Gasteiger partial charge >= 0.3 is 0 Å². The molecule has 2 aliphatic rings. The van der Waals surface area contributed by atoms with E-state index in [-0.39, 0.29) is 5.41 Å². The Balaban J connectivity index is 1.57. The molecule has 0 aliphatic carbocycles. The number of nitrogens with one attached hydrogen (secondary N) is 1. The lowest BCUT2D eigenvalue weighted by molar-refractivity contribution is 0.0195. The lowest BCUT2D eigenvalue weighted by Gasteiger charge is -2.33. The van der Waals surface area contributed by atoms with Crippen LogP contribution in [0.2, 0.25) is 0 Å².